The predicted octanol–water partition coefficient (Wildman–Crippen LogP) is 4.32. The molecule has 1 saturated heterocycles. The first kappa shape index (κ1) is 15.8. The van der Waals surface area contributed by atoms with E-state index < -0.39 is 26.4 Å². The minimum absolute atomic E-state index is 0.116. The van der Waals surface area contributed by atoms with Crippen LogP contribution in [0.25, 0.3) is 0 Å². The fraction of sp³-hybridized carbons (Fsp3) is 0.600. The van der Waals surface area contributed by atoms with Gasteiger partial charge in [-0.2, -0.15) is 0 Å². The van der Waals surface area contributed by atoms with Crippen LogP contribution in [0.1, 0.15) is 33.6 Å². The van der Waals surface area contributed by atoms with Crippen molar-refractivity contribution in [3.8, 4) is 0 Å². The lowest BCUT2D eigenvalue weighted by Gasteiger charge is -2.40. The molecule has 0 saturated carbocycles. The Hall–Kier alpha value is -0.250. The highest BCUT2D eigenvalue weighted by Crippen LogP contribution is 2.86. The van der Waals surface area contributed by atoms with Gasteiger partial charge in [-0.3, -0.25) is 4.57 Å². The maximum absolute atomic E-state index is 13.5. The molecule has 1 aliphatic rings. The molecule has 1 heterocycles. The Labute approximate surface area is 106 Å². The second-order valence-corrected chi connectivity index (χ2v) is 8.85. The molecule has 1 fully saturated rings. The fourth-order valence-corrected chi connectivity index (χ4v) is 5.89. The summed E-state index contributed by atoms with van der Waals surface area (Å²) in [5.74, 6) is -0.882. The van der Waals surface area contributed by atoms with Gasteiger partial charge in [0.15, 0.2) is 0 Å². The molecule has 0 radical (unpaired) electrons. The molecule has 1 unspecified atom stereocenters. The van der Waals surface area contributed by atoms with Gasteiger partial charge in [-0.25, -0.2) is 17.6 Å². The van der Waals surface area contributed by atoms with Crippen molar-refractivity contribution in [2.45, 2.75) is 38.8 Å². The molecule has 0 aromatic carbocycles. The Morgan fingerprint density at radius 2 is 1.94 bits per heavy atom. The van der Waals surface area contributed by atoms with Crippen molar-refractivity contribution in [3.05, 3.63) is 24.1 Å². The summed E-state index contributed by atoms with van der Waals surface area (Å²) >= 11 is 0. The molecular weight excluding hydrogens is 281 g/mol. The zero-order chi connectivity index (χ0) is 14.2. The molecular formula is C10H17FO5P2. The largest absolute Gasteiger partial charge is 0.486 e. The Morgan fingerprint density at radius 1 is 1.44 bits per heavy atom. The molecule has 0 bridgehead atoms. The SMILES string of the molecule is C=C(F)C(C)(CCC=C(C)C)P1(=O)OP(=O)(O)O1. The first-order chi connectivity index (χ1) is 8.02. The van der Waals surface area contributed by atoms with E-state index in [1.54, 1.807) is 0 Å². The molecule has 0 aromatic rings. The standard InChI is InChI=1S/C10H17FO5P2/c1-8(2)6-5-7-10(4,9(3)11)17(12)15-18(13,14)16-17/h6H,3,5,7H2,1-2,4H3,(H,13,14). The van der Waals surface area contributed by atoms with E-state index in [0.29, 0.717) is 6.42 Å². The second-order valence-electron chi connectivity index (χ2n) is 4.63. The Kier molecular flexibility index (Phi) is 4.41. The summed E-state index contributed by atoms with van der Waals surface area (Å²) in [6.07, 6.45) is 2.39. The number of halogens is 1. The summed E-state index contributed by atoms with van der Waals surface area (Å²) in [7, 11) is -8.23. The summed E-state index contributed by atoms with van der Waals surface area (Å²) in [5, 5.41) is -1.60. The number of rotatable bonds is 5. The van der Waals surface area contributed by atoms with Crippen LogP contribution in [-0.4, -0.2) is 10.0 Å². The van der Waals surface area contributed by atoms with Gasteiger partial charge in [0.1, 0.15) is 11.0 Å². The van der Waals surface area contributed by atoms with Gasteiger partial charge in [0, 0.05) is 0 Å². The van der Waals surface area contributed by atoms with E-state index in [-0.39, 0.29) is 6.42 Å². The van der Waals surface area contributed by atoms with Crippen molar-refractivity contribution in [1.82, 2.24) is 0 Å². The van der Waals surface area contributed by atoms with Crippen molar-refractivity contribution >= 4 is 15.4 Å². The lowest BCUT2D eigenvalue weighted by Crippen LogP contribution is -2.31. The fourth-order valence-electron chi connectivity index (χ4n) is 1.52. The van der Waals surface area contributed by atoms with Gasteiger partial charge >= 0.3 is 15.4 Å². The van der Waals surface area contributed by atoms with Gasteiger partial charge in [0.2, 0.25) is 0 Å². The third-order valence-electron chi connectivity index (χ3n) is 2.79. The van der Waals surface area contributed by atoms with E-state index in [1.807, 2.05) is 19.9 Å². The normalized spacial score (nSPS) is 34.3. The van der Waals surface area contributed by atoms with Gasteiger partial charge in [0.25, 0.3) is 0 Å². The van der Waals surface area contributed by atoms with Gasteiger partial charge in [0.05, 0.1) is 0 Å². The number of allylic oxidation sites excluding steroid dienone is 3. The summed E-state index contributed by atoms with van der Waals surface area (Å²) < 4.78 is 45.4. The number of hydrogen-bond acceptors (Lipinski definition) is 4. The topological polar surface area (TPSA) is 72.8 Å². The molecule has 0 amide bonds. The zero-order valence-electron chi connectivity index (χ0n) is 10.6. The van der Waals surface area contributed by atoms with E-state index in [4.69, 9.17) is 4.89 Å². The molecule has 8 heteroatoms. The van der Waals surface area contributed by atoms with Crippen LogP contribution in [0.2, 0.25) is 0 Å². The van der Waals surface area contributed by atoms with Crippen LogP contribution in [0.15, 0.2) is 24.1 Å². The summed E-state index contributed by atoms with van der Waals surface area (Å²) in [6, 6.07) is 0. The highest BCUT2D eigenvalue weighted by atomic mass is 31.3. The second kappa shape index (κ2) is 5.03. The van der Waals surface area contributed by atoms with Crippen molar-refractivity contribution in [1.29, 1.82) is 0 Å². The molecule has 0 spiro atoms. The Bertz CT molecular complexity index is 469. The van der Waals surface area contributed by atoms with E-state index in [0.717, 1.165) is 5.57 Å². The monoisotopic (exact) mass is 298 g/mol. The smallest absolute Gasteiger partial charge is 0.302 e. The maximum atomic E-state index is 13.5. The van der Waals surface area contributed by atoms with E-state index in [1.165, 1.54) is 6.92 Å². The summed E-state index contributed by atoms with van der Waals surface area (Å²) in [5.41, 5.74) is 1.03. The maximum Gasteiger partial charge on any atom is 0.486 e. The van der Waals surface area contributed by atoms with E-state index in [2.05, 4.69) is 15.2 Å². The lowest BCUT2D eigenvalue weighted by atomic mass is 10.0. The minimum Gasteiger partial charge on any atom is -0.302 e. The van der Waals surface area contributed by atoms with Crippen LogP contribution >= 0.6 is 15.4 Å². The average molecular weight is 298 g/mol. The van der Waals surface area contributed by atoms with Crippen LogP contribution in [-0.2, 0) is 17.8 Å². The number of hydrogen-bond donors (Lipinski definition) is 1. The molecule has 1 atom stereocenters. The van der Waals surface area contributed by atoms with Gasteiger partial charge in [-0.15, -0.1) is 0 Å². The molecule has 5 nitrogen and oxygen atoms in total. The van der Waals surface area contributed by atoms with Gasteiger partial charge in [-0.1, -0.05) is 18.2 Å². The molecule has 1 rings (SSSR count). The third-order valence-corrected chi connectivity index (χ3v) is 7.84. The van der Waals surface area contributed by atoms with E-state index >= 15 is 0 Å². The zero-order valence-corrected chi connectivity index (χ0v) is 12.3. The average Bonchev–Trinajstić information content (AvgIpc) is 2.12. The van der Waals surface area contributed by atoms with Crippen molar-refractivity contribution in [2.24, 2.45) is 0 Å². The van der Waals surface area contributed by atoms with Gasteiger partial charge in [-0.05, 0) is 33.6 Å². The summed E-state index contributed by atoms with van der Waals surface area (Å²) in [6.45, 7) is 8.20. The molecule has 1 N–H and O–H groups in total. The van der Waals surface area contributed by atoms with Gasteiger partial charge < -0.3 is 4.89 Å². The number of phosphoric acid groups is 1. The van der Waals surface area contributed by atoms with Crippen LogP contribution < -0.4 is 0 Å². The Balaban J connectivity index is 2.89. The van der Waals surface area contributed by atoms with Crippen molar-refractivity contribution in [3.63, 3.8) is 0 Å². The minimum atomic E-state index is -4.26. The quantitative estimate of drug-likeness (QED) is 0.604. The third kappa shape index (κ3) is 3.01. The van der Waals surface area contributed by atoms with Crippen LogP contribution in [0.5, 0.6) is 0 Å². The molecule has 1 aliphatic heterocycles. The van der Waals surface area contributed by atoms with E-state index in [9.17, 15) is 13.5 Å². The van der Waals surface area contributed by atoms with Crippen LogP contribution in [0.4, 0.5) is 4.39 Å². The van der Waals surface area contributed by atoms with Crippen LogP contribution in [0.3, 0.4) is 0 Å². The molecule has 18 heavy (non-hydrogen) atoms. The Morgan fingerprint density at radius 3 is 2.28 bits per heavy atom. The lowest BCUT2D eigenvalue weighted by molar-refractivity contribution is 0.191. The first-order valence-electron chi connectivity index (χ1n) is 5.36. The van der Waals surface area contributed by atoms with Crippen LogP contribution in [0, 0.1) is 0 Å². The first-order valence-corrected chi connectivity index (χ1v) is 8.40. The highest BCUT2D eigenvalue weighted by molar-refractivity contribution is 7.78. The highest BCUT2D eigenvalue weighted by Gasteiger charge is 2.64. The predicted molar refractivity (Wildman–Crippen MR) is 66.9 cm³/mol. The molecule has 0 aliphatic carbocycles. The summed E-state index contributed by atoms with van der Waals surface area (Å²) in [4.78, 5) is 8.88. The molecule has 104 valence electrons. The van der Waals surface area contributed by atoms with Crippen molar-refractivity contribution in [2.75, 3.05) is 0 Å². The van der Waals surface area contributed by atoms with Crippen molar-refractivity contribution < 1.29 is 27.0 Å². The molecule has 0 aromatic heterocycles.